The zero-order chi connectivity index (χ0) is 22.5. The number of barbiturate groups is 1. The normalized spacial score (nSPS) is 15.3. The maximum atomic E-state index is 13.1. The highest BCUT2D eigenvalue weighted by Crippen LogP contribution is 2.30. The Hall–Kier alpha value is -3.61. The molecule has 7 nitrogen and oxygen atoms in total. The Kier molecular flexibility index (Phi) is 6.74. The molecule has 1 aliphatic rings. The number of anilines is 1. The first-order chi connectivity index (χ1) is 14.8. The van der Waals surface area contributed by atoms with Gasteiger partial charge in [-0.3, -0.25) is 14.9 Å². The van der Waals surface area contributed by atoms with Crippen LogP contribution in [-0.4, -0.2) is 31.6 Å². The zero-order valence-corrected chi connectivity index (χ0v) is 18.2. The van der Waals surface area contributed by atoms with Crippen molar-refractivity contribution in [2.75, 3.05) is 18.6 Å². The molecule has 1 N–H and O–H groups in total. The summed E-state index contributed by atoms with van der Waals surface area (Å²) in [5.74, 6) is -0.336. The first-order valence-electron chi connectivity index (χ1n) is 10.1. The van der Waals surface area contributed by atoms with Crippen LogP contribution in [-0.2, 0) is 9.59 Å². The van der Waals surface area contributed by atoms with Crippen LogP contribution in [0.1, 0.15) is 36.5 Å². The Balaban J connectivity index is 1.93. The van der Waals surface area contributed by atoms with Gasteiger partial charge in [-0.2, -0.15) is 0 Å². The van der Waals surface area contributed by atoms with E-state index in [2.05, 4.69) is 12.2 Å². The standard InChI is InChI=1S/C24H26N2O5/c1-5-6-11-31-20-10-8-17(14-21(20)30-4)13-19-22(27)25-24(29)26(23(19)28)18-9-7-15(2)16(3)12-18/h7-10,12-14H,5-6,11H2,1-4H3,(H,25,27,29)/b19-13-. The second-order valence-corrected chi connectivity index (χ2v) is 7.34. The highest BCUT2D eigenvalue weighted by molar-refractivity contribution is 6.39. The van der Waals surface area contributed by atoms with E-state index in [0.29, 0.717) is 29.4 Å². The van der Waals surface area contributed by atoms with Crippen LogP contribution in [0.15, 0.2) is 42.0 Å². The van der Waals surface area contributed by atoms with Crippen LogP contribution in [0.2, 0.25) is 0 Å². The van der Waals surface area contributed by atoms with E-state index in [9.17, 15) is 14.4 Å². The molecule has 4 amide bonds. The molecule has 0 radical (unpaired) electrons. The number of nitrogens with zero attached hydrogens (tertiary/aromatic N) is 1. The highest BCUT2D eigenvalue weighted by Gasteiger charge is 2.36. The molecule has 1 saturated heterocycles. The Bertz CT molecular complexity index is 1060. The van der Waals surface area contributed by atoms with Gasteiger partial charge in [0.15, 0.2) is 11.5 Å². The van der Waals surface area contributed by atoms with Crippen LogP contribution in [0.3, 0.4) is 0 Å². The van der Waals surface area contributed by atoms with Crippen LogP contribution < -0.4 is 19.7 Å². The topological polar surface area (TPSA) is 84.9 Å². The molecule has 2 aromatic carbocycles. The molecule has 1 aliphatic heterocycles. The van der Waals surface area contributed by atoms with Crippen LogP contribution in [0.4, 0.5) is 10.5 Å². The van der Waals surface area contributed by atoms with E-state index < -0.39 is 17.8 Å². The number of hydrogen-bond donors (Lipinski definition) is 1. The van der Waals surface area contributed by atoms with Crippen LogP contribution in [0.25, 0.3) is 6.08 Å². The van der Waals surface area contributed by atoms with Gasteiger partial charge in [0, 0.05) is 0 Å². The Morgan fingerprint density at radius 3 is 2.45 bits per heavy atom. The first-order valence-corrected chi connectivity index (χ1v) is 10.1. The molecule has 162 valence electrons. The van der Waals surface area contributed by atoms with E-state index in [0.717, 1.165) is 28.9 Å². The van der Waals surface area contributed by atoms with Crippen molar-refractivity contribution in [2.45, 2.75) is 33.6 Å². The number of methoxy groups -OCH3 is 1. The predicted molar refractivity (Wildman–Crippen MR) is 118 cm³/mol. The number of aryl methyl sites for hydroxylation is 2. The predicted octanol–water partition coefficient (Wildman–Crippen LogP) is 4.16. The van der Waals surface area contributed by atoms with Crippen molar-refractivity contribution in [2.24, 2.45) is 0 Å². The second-order valence-electron chi connectivity index (χ2n) is 7.34. The lowest BCUT2D eigenvalue weighted by Crippen LogP contribution is -2.54. The maximum absolute atomic E-state index is 13.1. The van der Waals surface area contributed by atoms with Crippen molar-refractivity contribution in [3.63, 3.8) is 0 Å². The van der Waals surface area contributed by atoms with Crippen LogP contribution in [0, 0.1) is 13.8 Å². The smallest absolute Gasteiger partial charge is 0.335 e. The number of benzene rings is 2. The molecule has 1 fully saturated rings. The fraction of sp³-hybridized carbons (Fsp3) is 0.292. The summed E-state index contributed by atoms with van der Waals surface area (Å²) >= 11 is 0. The number of imide groups is 2. The minimum absolute atomic E-state index is 0.139. The SMILES string of the molecule is CCCCOc1ccc(/C=C2/C(=O)NC(=O)N(c3ccc(C)c(C)c3)C2=O)cc1OC. The fourth-order valence-electron chi connectivity index (χ4n) is 3.14. The summed E-state index contributed by atoms with van der Waals surface area (Å²) in [5.41, 5.74) is 2.81. The summed E-state index contributed by atoms with van der Waals surface area (Å²) in [6.45, 7) is 6.48. The van der Waals surface area contributed by atoms with Gasteiger partial charge in [-0.1, -0.05) is 25.5 Å². The van der Waals surface area contributed by atoms with E-state index in [-0.39, 0.29) is 5.57 Å². The third kappa shape index (κ3) is 4.77. The average Bonchev–Trinajstić information content (AvgIpc) is 2.74. The molecule has 31 heavy (non-hydrogen) atoms. The lowest BCUT2D eigenvalue weighted by molar-refractivity contribution is -0.122. The number of carbonyl (C=O) groups is 3. The van der Waals surface area contributed by atoms with Crippen molar-refractivity contribution in [1.82, 2.24) is 5.32 Å². The summed E-state index contributed by atoms with van der Waals surface area (Å²) in [4.78, 5) is 38.8. The van der Waals surface area contributed by atoms with Gasteiger partial charge in [0.1, 0.15) is 5.57 Å². The molecule has 0 spiro atoms. The number of carbonyl (C=O) groups excluding carboxylic acids is 3. The number of amides is 4. The van der Waals surface area contributed by atoms with Crippen LogP contribution >= 0.6 is 0 Å². The quantitative estimate of drug-likeness (QED) is 0.411. The number of urea groups is 1. The van der Waals surface area contributed by atoms with Gasteiger partial charge >= 0.3 is 6.03 Å². The highest BCUT2D eigenvalue weighted by atomic mass is 16.5. The van der Waals surface area contributed by atoms with Crippen LogP contribution in [0.5, 0.6) is 11.5 Å². The second kappa shape index (κ2) is 9.47. The lowest BCUT2D eigenvalue weighted by Gasteiger charge is -2.26. The van der Waals surface area contributed by atoms with Crippen molar-refractivity contribution in [1.29, 1.82) is 0 Å². The van der Waals surface area contributed by atoms with Crippen molar-refractivity contribution in [3.05, 3.63) is 58.7 Å². The van der Waals surface area contributed by atoms with Gasteiger partial charge < -0.3 is 9.47 Å². The van der Waals surface area contributed by atoms with Gasteiger partial charge in [-0.25, -0.2) is 9.69 Å². The number of ether oxygens (including phenoxy) is 2. The first kappa shape index (κ1) is 22.1. The largest absolute Gasteiger partial charge is 0.493 e. The van der Waals surface area contributed by atoms with Crippen molar-refractivity contribution < 1.29 is 23.9 Å². The molecule has 0 unspecified atom stereocenters. The van der Waals surface area contributed by atoms with Crippen molar-refractivity contribution >= 4 is 29.6 Å². The van der Waals surface area contributed by atoms with Crippen molar-refractivity contribution in [3.8, 4) is 11.5 Å². The molecule has 3 rings (SSSR count). The number of hydrogen-bond acceptors (Lipinski definition) is 5. The molecule has 2 aromatic rings. The minimum atomic E-state index is -0.771. The molecule has 0 aromatic heterocycles. The number of rotatable bonds is 7. The molecule has 0 saturated carbocycles. The zero-order valence-electron chi connectivity index (χ0n) is 18.2. The minimum Gasteiger partial charge on any atom is -0.493 e. The van der Waals surface area contributed by atoms with E-state index >= 15 is 0 Å². The van der Waals surface area contributed by atoms with E-state index in [1.165, 1.54) is 13.2 Å². The van der Waals surface area contributed by atoms with Gasteiger partial charge in [0.05, 0.1) is 19.4 Å². The van der Waals surface area contributed by atoms with Gasteiger partial charge in [-0.15, -0.1) is 0 Å². The number of unbranched alkanes of at least 4 members (excludes halogenated alkanes) is 1. The monoisotopic (exact) mass is 422 g/mol. The van der Waals surface area contributed by atoms with Gasteiger partial charge in [0.25, 0.3) is 11.8 Å². The third-order valence-corrected chi connectivity index (χ3v) is 5.10. The fourth-order valence-corrected chi connectivity index (χ4v) is 3.14. The molecular weight excluding hydrogens is 396 g/mol. The lowest BCUT2D eigenvalue weighted by atomic mass is 10.0. The molecule has 0 bridgehead atoms. The van der Waals surface area contributed by atoms with E-state index in [1.54, 1.807) is 30.3 Å². The van der Waals surface area contributed by atoms with E-state index in [1.807, 2.05) is 19.9 Å². The molecular formula is C24H26N2O5. The average molecular weight is 422 g/mol. The van der Waals surface area contributed by atoms with E-state index in [4.69, 9.17) is 9.47 Å². The molecule has 0 atom stereocenters. The third-order valence-electron chi connectivity index (χ3n) is 5.10. The maximum Gasteiger partial charge on any atom is 0.335 e. The summed E-state index contributed by atoms with van der Waals surface area (Å²) in [6, 6.07) is 9.63. The Morgan fingerprint density at radius 1 is 1.00 bits per heavy atom. The summed E-state index contributed by atoms with van der Waals surface area (Å²) in [6.07, 6.45) is 3.38. The molecule has 7 heteroatoms. The summed E-state index contributed by atoms with van der Waals surface area (Å²) in [7, 11) is 1.53. The Labute approximate surface area is 181 Å². The summed E-state index contributed by atoms with van der Waals surface area (Å²) in [5, 5.41) is 2.24. The number of nitrogens with one attached hydrogen (secondary N) is 1. The van der Waals surface area contributed by atoms with Gasteiger partial charge in [0.2, 0.25) is 0 Å². The summed E-state index contributed by atoms with van der Waals surface area (Å²) < 4.78 is 11.1. The Morgan fingerprint density at radius 2 is 1.77 bits per heavy atom. The molecule has 1 heterocycles. The molecule has 0 aliphatic carbocycles. The van der Waals surface area contributed by atoms with Gasteiger partial charge in [-0.05, 0) is 67.3 Å².